The molecule has 0 fully saturated rings. The van der Waals surface area contributed by atoms with Crippen molar-refractivity contribution in [3.8, 4) is 0 Å². The number of sulfonamides is 1. The van der Waals surface area contributed by atoms with Gasteiger partial charge in [-0.2, -0.15) is 0 Å². The molecule has 0 atom stereocenters. The van der Waals surface area contributed by atoms with Crippen molar-refractivity contribution >= 4 is 33.4 Å². The van der Waals surface area contributed by atoms with Crippen LogP contribution in [-0.4, -0.2) is 38.3 Å². The van der Waals surface area contributed by atoms with E-state index in [1.54, 1.807) is 36.7 Å². The molecule has 0 saturated heterocycles. The van der Waals surface area contributed by atoms with Gasteiger partial charge in [0.2, 0.25) is 21.8 Å². The summed E-state index contributed by atoms with van der Waals surface area (Å²) in [6, 6.07) is 9.64. The van der Waals surface area contributed by atoms with Gasteiger partial charge in [0.05, 0.1) is 5.02 Å². The molecule has 0 bridgehead atoms. The van der Waals surface area contributed by atoms with E-state index in [0.29, 0.717) is 6.54 Å². The lowest BCUT2D eigenvalue weighted by Gasteiger charge is -2.09. The normalized spacial score (nSPS) is 11.0. The number of rotatable bonds is 10. The van der Waals surface area contributed by atoms with Crippen molar-refractivity contribution < 1.29 is 18.0 Å². The Hall–Kier alpha value is -2.49. The molecule has 1 aromatic heterocycles. The fourth-order valence-corrected chi connectivity index (χ4v) is 3.78. The minimum absolute atomic E-state index is 0.0389. The molecule has 0 aliphatic heterocycles. The largest absolute Gasteiger partial charge is 0.356 e. The van der Waals surface area contributed by atoms with Crippen LogP contribution in [0.5, 0.6) is 0 Å². The van der Waals surface area contributed by atoms with Crippen LogP contribution in [0.4, 0.5) is 0 Å². The number of carbonyl (C=O) groups is 2. The number of pyridine rings is 1. The molecule has 0 aliphatic carbocycles. The van der Waals surface area contributed by atoms with Crippen LogP contribution < -0.4 is 15.4 Å². The lowest BCUT2D eigenvalue weighted by molar-refractivity contribution is -0.122. The minimum atomic E-state index is -3.78. The molecule has 1 heterocycles. The summed E-state index contributed by atoms with van der Waals surface area (Å²) in [7, 11) is -3.78. The van der Waals surface area contributed by atoms with Crippen LogP contribution in [0, 0.1) is 0 Å². The number of hydrogen-bond donors (Lipinski definition) is 3. The van der Waals surface area contributed by atoms with Crippen molar-refractivity contribution in [2.75, 3.05) is 13.1 Å². The first-order valence-electron chi connectivity index (χ1n) is 8.55. The highest BCUT2D eigenvalue weighted by Gasteiger charge is 2.17. The molecule has 2 aromatic rings. The summed E-state index contributed by atoms with van der Waals surface area (Å²) in [5.41, 5.74) is 0.929. The molecule has 0 radical (unpaired) electrons. The van der Waals surface area contributed by atoms with E-state index in [1.807, 2.05) is 0 Å². The fourth-order valence-electron chi connectivity index (χ4n) is 2.23. The Bertz CT molecular complexity index is 907. The summed E-state index contributed by atoms with van der Waals surface area (Å²) >= 11 is 5.87. The lowest BCUT2D eigenvalue weighted by atomic mass is 10.2. The van der Waals surface area contributed by atoms with Crippen LogP contribution in [0.2, 0.25) is 5.02 Å². The molecule has 2 rings (SSSR count). The fraction of sp³-hybridized carbons (Fsp3) is 0.278. The molecule has 8 nitrogen and oxygen atoms in total. The first kappa shape index (κ1) is 21.8. The van der Waals surface area contributed by atoms with E-state index < -0.39 is 10.0 Å². The predicted molar refractivity (Wildman–Crippen MR) is 105 cm³/mol. The Morgan fingerprint density at radius 2 is 1.57 bits per heavy atom. The third kappa shape index (κ3) is 7.26. The van der Waals surface area contributed by atoms with E-state index >= 15 is 0 Å². The Morgan fingerprint density at radius 3 is 2.29 bits per heavy atom. The smallest absolute Gasteiger partial charge is 0.242 e. The number of nitrogens with zero attached hydrogens (tertiary/aromatic N) is 1. The van der Waals surface area contributed by atoms with Gasteiger partial charge in [-0.1, -0.05) is 23.7 Å². The molecule has 0 saturated carbocycles. The summed E-state index contributed by atoms with van der Waals surface area (Å²) in [5.74, 6) is -0.555. The van der Waals surface area contributed by atoms with Gasteiger partial charge in [0.25, 0.3) is 0 Å². The van der Waals surface area contributed by atoms with E-state index in [0.717, 1.165) is 5.56 Å². The van der Waals surface area contributed by atoms with Crippen molar-refractivity contribution in [2.24, 2.45) is 0 Å². The second kappa shape index (κ2) is 10.7. The van der Waals surface area contributed by atoms with Crippen molar-refractivity contribution in [3.05, 3.63) is 59.4 Å². The molecule has 150 valence electrons. The minimum Gasteiger partial charge on any atom is -0.356 e. The summed E-state index contributed by atoms with van der Waals surface area (Å²) in [6.07, 6.45) is 3.36. The standard InChI is InChI=1S/C18H21ClN4O4S/c19-15-3-1-2-4-16(15)28(26,27)23-12-8-17(24)21-11-7-18(25)22-13-14-5-9-20-10-6-14/h1-6,9-10,23H,7-8,11-13H2,(H,21,24)(H,22,25). The second-order valence-corrected chi connectivity index (χ2v) is 7.95. The van der Waals surface area contributed by atoms with Gasteiger partial charge in [0.1, 0.15) is 4.90 Å². The molecule has 28 heavy (non-hydrogen) atoms. The predicted octanol–water partition coefficient (Wildman–Crippen LogP) is 1.23. The van der Waals surface area contributed by atoms with Crippen LogP contribution in [0.3, 0.4) is 0 Å². The van der Waals surface area contributed by atoms with Gasteiger partial charge in [-0.25, -0.2) is 13.1 Å². The van der Waals surface area contributed by atoms with Gasteiger partial charge < -0.3 is 10.6 Å². The Labute approximate surface area is 168 Å². The number of aromatic nitrogens is 1. The van der Waals surface area contributed by atoms with Crippen LogP contribution >= 0.6 is 11.6 Å². The topological polar surface area (TPSA) is 117 Å². The third-order valence-corrected chi connectivity index (χ3v) is 5.64. The van der Waals surface area contributed by atoms with Crippen molar-refractivity contribution in [1.82, 2.24) is 20.3 Å². The zero-order valence-electron chi connectivity index (χ0n) is 15.0. The molecule has 0 spiro atoms. The summed E-state index contributed by atoms with van der Waals surface area (Å²) in [4.78, 5) is 27.4. The van der Waals surface area contributed by atoms with E-state index in [1.165, 1.54) is 12.1 Å². The highest BCUT2D eigenvalue weighted by Crippen LogP contribution is 2.19. The zero-order valence-corrected chi connectivity index (χ0v) is 16.6. The maximum atomic E-state index is 12.1. The molecular formula is C18H21ClN4O4S. The van der Waals surface area contributed by atoms with Crippen LogP contribution in [0.1, 0.15) is 18.4 Å². The monoisotopic (exact) mass is 424 g/mol. The summed E-state index contributed by atoms with van der Waals surface area (Å²) in [5, 5.41) is 5.42. The molecular weight excluding hydrogens is 404 g/mol. The number of benzene rings is 1. The van der Waals surface area contributed by atoms with E-state index in [4.69, 9.17) is 11.6 Å². The van der Waals surface area contributed by atoms with Gasteiger partial charge in [0, 0.05) is 44.9 Å². The molecule has 10 heteroatoms. The Balaban J connectivity index is 1.63. The van der Waals surface area contributed by atoms with Gasteiger partial charge in [0.15, 0.2) is 0 Å². The Morgan fingerprint density at radius 1 is 0.929 bits per heavy atom. The Kier molecular flexibility index (Phi) is 8.37. The average Bonchev–Trinajstić information content (AvgIpc) is 2.67. The number of halogens is 1. The first-order chi connectivity index (χ1) is 13.4. The third-order valence-electron chi connectivity index (χ3n) is 3.68. The van der Waals surface area contributed by atoms with Gasteiger partial charge in [-0.15, -0.1) is 0 Å². The van der Waals surface area contributed by atoms with Crippen molar-refractivity contribution in [3.63, 3.8) is 0 Å². The van der Waals surface area contributed by atoms with Gasteiger partial charge in [-0.3, -0.25) is 14.6 Å². The average molecular weight is 425 g/mol. The zero-order chi connectivity index (χ0) is 20.4. The molecule has 2 amide bonds. The van der Waals surface area contributed by atoms with Crippen LogP contribution in [-0.2, 0) is 26.2 Å². The number of nitrogens with one attached hydrogen (secondary N) is 3. The molecule has 0 aliphatic rings. The lowest BCUT2D eigenvalue weighted by Crippen LogP contribution is -2.33. The SMILES string of the molecule is O=C(CCNS(=O)(=O)c1ccccc1Cl)NCCC(=O)NCc1ccncc1. The van der Waals surface area contributed by atoms with Crippen molar-refractivity contribution in [2.45, 2.75) is 24.3 Å². The molecule has 0 unspecified atom stereocenters. The highest BCUT2D eigenvalue weighted by molar-refractivity contribution is 7.89. The quantitative estimate of drug-likeness (QED) is 0.530. The number of amides is 2. The first-order valence-corrected chi connectivity index (χ1v) is 10.4. The number of hydrogen-bond acceptors (Lipinski definition) is 5. The van der Waals surface area contributed by atoms with E-state index in [9.17, 15) is 18.0 Å². The van der Waals surface area contributed by atoms with Gasteiger partial charge in [-0.05, 0) is 29.8 Å². The maximum absolute atomic E-state index is 12.1. The van der Waals surface area contributed by atoms with Crippen LogP contribution in [0.25, 0.3) is 0 Å². The van der Waals surface area contributed by atoms with Gasteiger partial charge >= 0.3 is 0 Å². The van der Waals surface area contributed by atoms with E-state index in [2.05, 4.69) is 20.3 Å². The second-order valence-electron chi connectivity index (χ2n) is 5.81. The maximum Gasteiger partial charge on any atom is 0.242 e. The van der Waals surface area contributed by atoms with E-state index in [-0.39, 0.29) is 47.7 Å². The summed E-state index contributed by atoms with van der Waals surface area (Å²) in [6.45, 7) is 0.477. The summed E-state index contributed by atoms with van der Waals surface area (Å²) < 4.78 is 26.6. The molecule has 1 aromatic carbocycles. The van der Waals surface area contributed by atoms with Crippen molar-refractivity contribution in [1.29, 1.82) is 0 Å². The number of carbonyl (C=O) groups excluding carboxylic acids is 2. The van der Waals surface area contributed by atoms with Crippen LogP contribution in [0.15, 0.2) is 53.7 Å². The molecule has 3 N–H and O–H groups in total. The highest BCUT2D eigenvalue weighted by atomic mass is 35.5.